The number of hydrogen-bond donors (Lipinski definition) is 1. The van der Waals surface area contributed by atoms with Crippen molar-refractivity contribution in [3.63, 3.8) is 0 Å². The third kappa shape index (κ3) is 58.1. The second-order valence-electron chi connectivity index (χ2n) is 0.105. The van der Waals surface area contributed by atoms with Gasteiger partial charge < -0.3 is 6.53 Å². The Balaban J connectivity index is -0.00000000667. The van der Waals surface area contributed by atoms with Gasteiger partial charge >= 0.3 is 18.9 Å². The van der Waals surface area contributed by atoms with Crippen molar-refractivity contribution in [2.75, 3.05) is 0 Å². The Morgan fingerprint density at radius 3 is 1.80 bits per heavy atom. The topological polar surface area (TPSA) is 37.3 Å². The Morgan fingerprint density at radius 2 is 1.80 bits per heavy atom. The molecule has 5 heavy (non-hydrogen) atoms. The molecule has 1 N–H and O–H groups in total. The molecule has 0 aliphatic carbocycles. The van der Waals surface area contributed by atoms with Crippen molar-refractivity contribution in [1.29, 1.82) is 0 Å². The van der Waals surface area contributed by atoms with E-state index in [0.717, 1.165) is 0 Å². The average molecular weight is 147 g/mol. The molecule has 0 fully saturated rings. The Morgan fingerprint density at radius 1 is 1.80 bits per heavy atom. The fourth-order valence-electron chi connectivity index (χ4n) is 0. The van der Waals surface area contributed by atoms with Gasteiger partial charge in [-0.05, 0) is 0 Å². The van der Waals surface area contributed by atoms with Crippen LogP contribution in [0.1, 0.15) is 1.43 Å². The Labute approximate surface area is 59.1 Å². The zero-order chi connectivity index (χ0) is 2.71. The summed E-state index contributed by atoms with van der Waals surface area (Å²) in [4.78, 5) is 8.36. The number of hydrogen-bond acceptors (Lipinski definition) is 1. The maximum Gasteiger partial charge on any atom is 1.00 e. The molecule has 0 atom stereocenters. The van der Waals surface area contributed by atoms with Crippen LogP contribution in [0, 0.1) is 0 Å². The van der Waals surface area contributed by atoms with Crippen LogP contribution in [-0.2, 0) is 27.2 Å². The standard InChI is InChI=1S/CH2O2.Li.Nb.H/c2-1-3;;;/h1H,(H,2,3);;;/q;+1;;-1. The van der Waals surface area contributed by atoms with E-state index in [4.69, 9.17) is 9.90 Å². The fraction of sp³-hybridized carbons (Fsp3) is 0. The van der Waals surface area contributed by atoms with Crippen molar-refractivity contribution in [3.05, 3.63) is 0 Å². The zero-order valence-corrected chi connectivity index (χ0v) is 5.08. The first kappa shape index (κ1) is 17.0. The van der Waals surface area contributed by atoms with Crippen molar-refractivity contribution in [2.45, 2.75) is 0 Å². The van der Waals surface area contributed by atoms with E-state index >= 15 is 0 Å². The predicted octanol–water partition coefficient (Wildman–Crippen LogP) is -3.19. The molecule has 0 spiro atoms. The molecule has 0 amide bonds. The predicted molar refractivity (Wildman–Crippen MR) is 9.80 cm³/mol. The van der Waals surface area contributed by atoms with Crippen LogP contribution >= 0.6 is 0 Å². The summed E-state index contributed by atoms with van der Waals surface area (Å²) in [5.41, 5.74) is 0. The molecule has 1 radical (unpaired) electrons. The van der Waals surface area contributed by atoms with Crippen LogP contribution in [0.25, 0.3) is 0 Å². The van der Waals surface area contributed by atoms with Gasteiger partial charge in [0.15, 0.2) is 0 Å². The minimum Gasteiger partial charge on any atom is -1.00 e. The minimum atomic E-state index is -0.250. The van der Waals surface area contributed by atoms with Gasteiger partial charge in [-0.1, -0.05) is 0 Å². The van der Waals surface area contributed by atoms with Crippen LogP contribution in [0.3, 0.4) is 0 Å². The van der Waals surface area contributed by atoms with E-state index in [1.165, 1.54) is 0 Å². The van der Waals surface area contributed by atoms with Crippen LogP contribution in [-0.4, -0.2) is 11.6 Å². The first-order valence-corrected chi connectivity index (χ1v) is 0.494. The smallest absolute Gasteiger partial charge is 1.00 e. The molecule has 0 aromatic carbocycles. The Bertz CT molecular complexity index is 21.0. The molecular formula is CH3LiNbO2. The summed E-state index contributed by atoms with van der Waals surface area (Å²) in [7, 11) is 0. The third-order valence-electron chi connectivity index (χ3n) is 0. The van der Waals surface area contributed by atoms with E-state index in [9.17, 15) is 0 Å². The summed E-state index contributed by atoms with van der Waals surface area (Å²) >= 11 is 0. The van der Waals surface area contributed by atoms with Gasteiger partial charge in [0.05, 0.1) is 0 Å². The molecule has 0 saturated heterocycles. The maximum absolute atomic E-state index is 8.36. The van der Waals surface area contributed by atoms with Crippen molar-refractivity contribution in [3.8, 4) is 0 Å². The number of carboxylic acid groups (broad SMARTS) is 1. The van der Waals surface area contributed by atoms with Crippen molar-refractivity contribution in [1.82, 2.24) is 0 Å². The summed E-state index contributed by atoms with van der Waals surface area (Å²) in [5, 5.41) is 6.89. The van der Waals surface area contributed by atoms with E-state index in [1.807, 2.05) is 0 Å². The molecule has 0 rings (SSSR count). The van der Waals surface area contributed by atoms with Gasteiger partial charge in [-0.15, -0.1) is 0 Å². The van der Waals surface area contributed by atoms with Gasteiger partial charge in [0, 0.05) is 22.4 Å². The van der Waals surface area contributed by atoms with E-state index in [1.54, 1.807) is 0 Å². The fourth-order valence-corrected chi connectivity index (χ4v) is 0. The SMILES string of the molecule is O=CO.[H-].[Li+].[Nb]. The normalized spacial score (nSPS) is 2.40. The molecule has 0 unspecified atom stereocenters. The van der Waals surface area contributed by atoms with Crippen LogP contribution in [0.4, 0.5) is 0 Å². The summed E-state index contributed by atoms with van der Waals surface area (Å²) in [5.74, 6) is 0. The molecule has 4 heteroatoms. The molecular weight excluding hydrogens is 144 g/mol. The second kappa shape index (κ2) is 21.3. The van der Waals surface area contributed by atoms with E-state index in [-0.39, 0.29) is 49.1 Å². The second-order valence-corrected chi connectivity index (χ2v) is 0.105. The molecule has 0 aromatic heterocycles. The largest absolute Gasteiger partial charge is 1.00 e. The molecule has 0 aliphatic rings. The van der Waals surface area contributed by atoms with Gasteiger partial charge in [-0.25, -0.2) is 0 Å². The summed E-state index contributed by atoms with van der Waals surface area (Å²) in [6, 6.07) is 0. The first-order chi connectivity index (χ1) is 1.41. The average Bonchev–Trinajstić information content (AvgIpc) is 0.918. The summed E-state index contributed by atoms with van der Waals surface area (Å²) in [6.45, 7) is -0.250. The molecule has 0 heterocycles. The summed E-state index contributed by atoms with van der Waals surface area (Å²) < 4.78 is 0. The molecule has 0 bridgehead atoms. The Kier molecular flexibility index (Phi) is 72.6. The van der Waals surface area contributed by atoms with Crippen LogP contribution in [0.2, 0.25) is 0 Å². The van der Waals surface area contributed by atoms with Crippen LogP contribution in [0.15, 0.2) is 0 Å². The van der Waals surface area contributed by atoms with E-state index in [0.29, 0.717) is 0 Å². The molecule has 25 valence electrons. The molecule has 0 saturated carbocycles. The van der Waals surface area contributed by atoms with Crippen LogP contribution in [0.5, 0.6) is 0 Å². The molecule has 0 aromatic rings. The van der Waals surface area contributed by atoms with Gasteiger partial charge in [0.2, 0.25) is 0 Å². The number of carbonyl (C=O) groups is 1. The van der Waals surface area contributed by atoms with Gasteiger partial charge in [0.25, 0.3) is 6.47 Å². The van der Waals surface area contributed by atoms with Crippen molar-refractivity contribution >= 4 is 6.47 Å². The van der Waals surface area contributed by atoms with Crippen molar-refractivity contribution in [2.24, 2.45) is 0 Å². The minimum absolute atomic E-state index is 0. The van der Waals surface area contributed by atoms with E-state index in [2.05, 4.69) is 0 Å². The quantitative estimate of drug-likeness (QED) is 0.289. The van der Waals surface area contributed by atoms with Crippen LogP contribution < -0.4 is 18.9 Å². The van der Waals surface area contributed by atoms with Gasteiger partial charge in [-0.2, -0.15) is 0 Å². The maximum atomic E-state index is 8.36. The zero-order valence-electron chi connectivity index (χ0n) is 3.88. The van der Waals surface area contributed by atoms with Gasteiger partial charge in [-0.3, -0.25) is 4.79 Å². The molecule has 0 aliphatic heterocycles. The third-order valence-corrected chi connectivity index (χ3v) is 0. The van der Waals surface area contributed by atoms with Crippen molar-refractivity contribution < 1.29 is 52.6 Å². The van der Waals surface area contributed by atoms with Gasteiger partial charge in [0.1, 0.15) is 0 Å². The monoisotopic (exact) mass is 147 g/mol. The number of rotatable bonds is 0. The van der Waals surface area contributed by atoms with E-state index < -0.39 is 0 Å². The molecule has 2 nitrogen and oxygen atoms in total. The first-order valence-electron chi connectivity index (χ1n) is 0.494. The summed E-state index contributed by atoms with van der Waals surface area (Å²) in [6.07, 6.45) is 0. The Hall–Kier alpha value is 0.808.